The molecule has 1 heterocycles. The zero-order valence-corrected chi connectivity index (χ0v) is 12.9. The fraction of sp³-hybridized carbons (Fsp3) is 0.500. The number of aromatic nitrogens is 1. The zero-order valence-electron chi connectivity index (χ0n) is 10.5. The molecule has 1 aromatic heterocycles. The van der Waals surface area contributed by atoms with Gasteiger partial charge in [-0.1, -0.05) is 11.8 Å². The van der Waals surface area contributed by atoms with Crippen LogP contribution in [-0.4, -0.2) is 21.7 Å². The van der Waals surface area contributed by atoms with Crippen molar-refractivity contribution in [1.82, 2.24) is 10.3 Å². The average Bonchev–Trinajstić information content (AvgIpc) is 2.19. The summed E-state index contributed by atoms with van der Waals surface area (Å²) in [6.45, 7) is 7.80. The summed E-state index contributed by atoms with van der Waals surface area (Å²) in [6.07, 6.45) is 1.73. The molecule has 0 bridgehead atoms. The zero-order chi connectivity index (χ0) is 13.1. The highest BCUT2D eigenvalue weighted by atomic mass is 79.9. The van der Waals surface area contributed by atoms with Gasteiger partial charge in [0, 0.05) is 16.2 Å². The van der Waals surface area contributed by atoms with Crippen molar-refractivity contribution >= 4 is 33.6 Å². The van der Waals surface area contributed by atoms with Crippen molar-refractivity contribution in [3.8, 4) is 0 Å². The van der Waals surface area contributed by atoms with Crippen LogP contribution in [0, 0.1) is 0 Å². The number of nitrogens with one attached hydrogen (secondary N) is 1. The number of carbonyl (C=O) groups excluding carboxylic acids is 1. The van der Waals surface area contributed by atoms with Gasteiger partial charge < -0.3 is 5.32 Å². The SMILES string of the molecule is CC(Sc1ccc(Br)cn1)C(=O)NC(C)(C)C. The van der Waals surface area contributed by atoms with E-state index in [0.29, 0.717) is 0 Å². The number of nitrogens with zero attached hydrogens (tertiary/aromatic N) is 1. The van der Waals surface area contributed by atoms with E-state index in [2.05, 4.69) is 26.2 Å². The van der Waals surface area contributed by atoms with Gasteiger partial charge in [-0.25, -0.2) is 4.98 Å². The maximum Gasteiger partial charge on any atom is 0.233 e. The molecule has 5 heteroatoms. The average molecular weight is 317 g/mol. The number of thioether (sulfide) groups is 1. The highest BCUT2D eigenvalue weighted by Crippen LogP contribution is 2.22. The van der Waals surface area contributed by atoms with Crippen LogP contribution in [0.2, 0.25) is 0 Å². The van der Waals surface area contributed by atoms with Crippen LogP contribution in [-0.2, 0) is 4.79 Å². The Morgan fingerprint density at radius 1 is 1.47 bits per heavy atom. The van der Waals surface area contributed by atoms with Crippen LogP contribution >= 0.6 is 27.7 Å². The molecule has 17 heavy (non-hydrogen) atoms. The first-order valence-electron chi connectivity index (χ1n) is 5.38. The maximum atomic E-state index is 11.9. The first-order chi connectivity index (χ1) is 7.78. The summed E-state index contributed by atoms with van der Waals surface area (Å²) >= 11 is 4.79. The van der Waals surface area contributed by atoms with Crippen molar-refractivity contribution in [2.24, 2.45) is 0 Å². The molecule has 0 radical (unpaired) electrons. The van der Waals surface area contributed by atoms with Crippen molar-refractivity contribution in [1.29, 1.82) is 0 Å². The smallest absolute Gasteiger partial charge is 0.233 e. The van der Waals surface area contributed by atoms with E-state index in [1.807, 2.05) is 39.8 Å². The second-order valence-corrected chi connectivity index (χ2v) is 7.09. The quantitative estimate of drug-likeness (QED) is 0.870. The minimum Gasteiger partial charge on any atom is -0.351 e. The van der Waals surface area contributed by atoms with Crippen molar-refractivity contribution < 1.29 is 4.79 Å². The maximum absolute atomic E-state index is 11.9. The van der Waals surface area contributed by atoms with Gasteiger partial charge in [0.2, 0.25) is 5.91 Å². The Kier molecular flexibility index (Phi) is 5.01. The Balaban J connectivity index is 2.57. The Morgan fingerprint density at radius 2 is 2.12 bits per heavy atom. The van der Waals surface area contributed by atoms with Gasteiger partial charge in [0.15, 0.2) is 0 Å². The van der Waals surface area contributed by atoms with Gasteiger partial charge in [-0.05, 0) is 55.8 Å². The molecule has 94 valence electrons. The third-order valence-electron chi connectivity index (χ3n) is 1.87. The summed E-state index contributed by atoms with van der Waals surface area (Å²) in [5.41, 5.74) is -0.195. The van der Waals surface area contributed by atoms with Crippen molar-refractivity contribution in [2.75, 3.05) is 0 Å². The van der Waals surface area contributed by atoms with Crippen molar-refractivity contribution in [2.45, 2.75) is 43.5 Å². The van der Waals surface area contributed by atoms with E-state index >= 15 is 0 Å². The summed E-state index contributed by atoms with van der Waals surface area (Å²) in [6, 6.07) is 3.82. The van der Waals surface area contributed by atoms with Crippen LogP contribution in [0.15, 0.2) is 27.8 Å². The molecule has 1 rings (SSSR count). The number of hydrogen-bond acceptors (Lipinski definition) is 3. The van der Waals surface area contributed by atoms with E-state index < -0.39 is 0 Å². The minimum absolute atomic E-state index is 0.0345. The molecular weight excluding hydrogens is 300 g/mol. The molecule has 1 amide bonds. The predicted octanol–water partition coefficient (Wildman–Crippen LogP) is 3.24. The molecule has 0 aromatic carbocycles. The van der Waals surface area contributed by atoms with E-state index in [4.69, 9.17) is 0 Å². The highest BCUT2D eigenvalue weighted by Gasteiger charge is 2.20. The van der Waals surface area contributed by atoms with E-state index in [-0.39, 0.29) is 16.7 Å². The van der Waals surface area contributed by atoms with Crippen LogP contribution in [0.3, 0.4) is 0 Å². The second kappa shape index (κ2) is 5.87. The Labute approximate surface area is 115 Å². The third-order valence-corrected chi connectivity index (χ3v) is 3.38. The van der Waals surface area contributed by atoms with Gasteiger partial charge >= 0.3 is 0 Å². The molecule has 0 saturated carbocycles. The number of carbonyl (C=O) groups is 1. The summed E-state index contributed by atoms with van der Waals surface area (Å²) in [5.74, 6) is 0.0345. The van der Waals surface area contributed by atoms with Crippen LogP contribution in [0.5, 0.6) is 0 Å². The lowest BCUT2D eigenvalue weighted by Gasteiger charge is -2.22. The monoisotopic (exact) mass is 316 g/mol. The molecule has 3 nitrogen and oxygen atoms in total. The Morgan fingerprint density at radius 3 is 2.59 bits per heavy atom. The lowest BCUT2D eigenvalue weighted by Crippen LogP contribution is -2.44. The van der Waals surface area contributed by atoms with Gasteiger partial charge in [-0.3, -0.25) is 4.79 Å². The third kappa shape index (κ3) is 5.55. The Hall–Kier alpha value is -0.550. The molecule has 0 fully saturated rings. The summed E-state index contributed by atoms with van der Waals surface area (Å²) in [4.78, 5) is 16.1. The largest absolute Gasteiger partial charge is 0.351 e. The first kappa shape index (κ1) is 14.5. The Bertz CT molecular complexity index is 386. The predicted molar refractivity (Wildman–Crippen MR) is 75.2 cm³/mol. The molecule has 1 aromatic rings. The number of pyridine rings is 1. The van der Waals surface area contributed by atoms with E-state index in [1.54, 1.807) is 6.20 Å². The normalized spacial score (nSPS) is 13.2. The van der Waals surface area contributed by atoms with Crippen LogP contribution < -0.4 is 5.32 Å². The minimum atomic E-state index is -0.195. The van der Waals surface area contributed by atoms with E-state index in [0.717, 1.165) is 9.50 Å². The van der Waals surface area contributed by atoms with Gasteiger partial charge in [0.05, 0.1) is 10.3 Å². The van der Waals surface area contributed by atoms with Crippen LogP contribution in [0.4, 0.5) is 0 Å². The van der Waals surface area contributed by atoms with Gasteiger partial charge in [0.25, 0.3) is 0 Å². The molecule has 0 aliphatic rings. The molecule has 1 N–H and O–H groups in total. The number of amides is 1. The van der Waals surface area contributed by atoms with Gasteiger partial charge in [-0.15, -0.1) is 0 Å². The van der Waals surface area contributed by atoms with Crippen LogP contribution in [0.25, 0.3) is 0 Å². The molecule has 0 aliphatic carbocycles. The number of rotatable bonds is 3. The topological polar surface area (TPSA) is 42.0 Å². The fourth-order valence-electron chi connectivity index (χ4n) is 1.14. The standard InChI is InChI=1S/C12H17BrN2OS/c1-8(11(16)15-12(2,3)4)17-10-6-5-9(13)7-14-10/h5-8H,1-4H3,(H,15,16). The molecule has 0 aliphatic heterocycles. The number of halogens is 1. The molecule has 1 unspecified atom stereocenters. The van der Waals surface area contributed by atoms with E-state index in [9.17, 15) is 4.79 Å². The summed E-state index contributed by atoms with van der Waals surface area (Å²) in [5, 5.41) is 3.66. The van der Waals surface area contributed by atoms with Gasteiger partial charge in [0.1, 0.15) is 0 Å². The second-order valence-electron chi connectivity index (χ2n) is 4.81. The lowest BCUT2D eigenvalue weighted by atomic mass is 10.1. The highest BCUT2D eigenvalue weighted by molar-refractivity contribution is 9.10. The summed E-state index contributed by atoms with van der Waals surface area (Å²) in [7, 11) is 0. The molecule has 0 spiro atoms. The lowest BCUT2D eigenvalue weighted by molar-refractivity contribution is -0.121. The van der Waals surface area contributed by atoms with Crippen molar-refractivity contribution in [3.63, 3.8) is 0 Å². The molecular formula is C12H17BrN2OS. The first-order valence-corrected chi connectivity index (χ1v) is 7.05. The van der Waals surface area contributed by atoms with E-state index in [1.165, 1.54) is 11.8 Å². The van der Waals surface area contributed by atoms with Crippen LogP contribution in [0.1, 0.15) is 27.7 Å². The number of hydrogen-bond donors (Lipinski definition) is 1. The van der Waals surface area contributed by atoms with Gasteiger partial charge in [-0.2, -0.15) is 0 Å². The van der Waals surface area contributed by atoms with Crippen molar-refractivity contribution in [3.05, 3.63) is 22.8 Å². The summed E-state index contributed by atoms with van der Waals surface area (Å²) < 4.78 is 0.939. The molecule has 0 saturated heterocycles. The molecule has 1 atom stereocenters. The fourth-order valence-corrected chi connectivity index (χ4v) is 2.16.